The van der Waals surface area contributed by atoms with Gasteiger partial charge >= 0.3 is 6.18 Å². The van der Waals surface area contributed by atoms with Crippen molar-refractivity contribution in [2.75, 3.05) is 0 Å². The van der Waals surface area contributed by atoms with E-state index >= 15 is 0 Å². The van der Waals surface area contributed by atoms with Gasteiger partial charge in [0.15, 0.2) is 0 Å². The van der Waals surface area contributed by atoms with Crippen LogP contribution in [0.2, 0.25) is 0 Å². The predicted octanol–water partition coefficient (Wildman–Crippen LogP) is 1.84. The number of nitrogens with two attached hydrogens (primary N) is 1. The average Bonchev–Trinajstić information content (AvgIpc) is 2.43. The minimum Gasteiger partial charge on any atom is -0.317 e. The average molecular weight is 177 g/mol. The Morgan fingerprint density at radius 2 is 2.00 bits per heavy atom. The highest BCUT2D eigenvalue weighted by Gasteiger charge is 2.61. The Balaban J connectivity index is 2.30. The first kappa shape index (κ1) is 8.10. The predicted molar refractivity (Wildman–Crippen MR) is 38.3 cm³/mol. The van der Waals surface area contributed by atoms with E-state index in [1.165, 1.54) is 0 Å². The second-order valence-electron chi connectivity index (χ2n) is 3.73. The maximum Gasteiger partial charge on any atom is 0.406 e. The number of rotatable bonds is 0. The third kappa shape index (κ3) is 0.843. The van der Waals surface area contributed by atoms with Crippen LogP contribution in [-0.4, -0.2) is 11.7 Å². The van der Waals surface area contributed by atoms with Gasteiger partial charge in [-0.1, -0.05) is 12.2 Å². The van der Waals surface area contributed by atoms with E-state index in [1.54, 1.807) is 6.08 Å². The quantitative estimate of drug-likeness (QED) is 0.561. The van der Waals surface area contributed by atoms with Gasteiger partial charge in [0, 0.05) is 5.92 Å². The van der Waals surface area contributed by atoms with Gasteiger partial charge in [-0.15, -0.1) is 0 Å². The molecule has 68 valence electrons. The van der Waals surface area contributed by atoms with Gasteiger partial charge in [0.2, 0.25) is 0 Å². The molecular weight excluding hydrogens is 167 g/mol. The van der Waals surface area contributed by atoms with E-state index in [1.807, 2.05) is 6.08 Å². The van der Waals surface area contributed by atoms with Crippen LogP contribution in [0.15, 0.2) is 12.2 Å². The monoisotopic (exact) mass is 177 g/mol. The second-order valence-corrected chi connectivity index (χ2v) is 3.73. The van der Waals surface area contributed by atoms with E-state index in [-0.39, 0.29) is 12.3 Å². The van der Waals surface area contributed by atoms with Crippen molar-refractivity contribution in [3.63, 3.8) is 0 Å². The fourth-order valence-corrected chi connectivity index (χ4v) is 2.22. The number of allylic oxidation sites excluding steroid dienone is 1. The van der Waals surface area contributed by atoms with Gasteiger partial charge in [-0.25, -0.2) is 0 Å². The molecule has 0 aromatic carbocycles. The Morgan fingerprint density at radius 1 is 1.33 bits per heavy atom. The van der Waals surface area contributed by atoms with E-state index in [4.69, 9.17) is 5.73 Å². The lowest BCUT2D eigenvalue weighted by Gasteiger charge is -2.33. The maximum atomic E-state index is 12.4. The molecule has 0 heterocycles. The van der Waals surface area contributed by atoms with Crippen molar-refractivity contribution >= 4 is 0 Å². The van der Waals surface area contributed by atoms with Crippen molar-refractivity contribution < 1.29 is 13.2 Å². The number of hydrogen-bond donors (Lipinski definition) is 1. The summed E-state index contributed by atoms with van der Waals surface area (Å²) in [6.07, 6.45) is -0.145. The van der Waals surface area contributed by atoms with Crippen LogP contribution in [0.3, 0.4) is 0 Å². The highest BCUT2D eigenvalue weighted by atomic mass is 19.4. The fourth-order valence-electron chi connectivity index (χ4n) is 2.22. The maximum absolute atomic E-state index is 12.4. The van der Waals surface area contributed by atoms with Crippen molar-refractivity contribution in [3.8, 4) is 0 Å². The molecule has 2 aliphatic carbocycles. The molecule has 2 bridgehead atoms. The van der Waals surface area contributed by atoms with Gasteiger partial charge in [-0.2, -0.15) is 13.2 Å². The Hall–Kier alpha value is -0.510. The topological polar surface area (TPSA) is 26.0 Å². The van der Waals surface area contributed by atoms with Crippen LogP contribution in [-0.2, 0) is 0 Å². The lowest BCUT2D eigenvalue weighted by Crippen LogP contribution is -2.56. The molecule has 3 unspecified atom stereocenters. The SMILES string of the molecule is NC1(C(F)(F)F)CC2C=CC1C2. The molecule has 2 aliphatic rings. The highest BCUT2D eigenvalue weighted by molar-refractivity contribution is 5.20. The van der Waals surface area contributed by atoms with E-state index in [9.17, 15) is 13.2 Å². The molecule has 1 fully saturated rings. The van der Waals surface area contributed by atoms with Gasteiger partial charge in [0.25, 0.3) is 0 Å². The van der Waals surface area contributed by atoms with Crippen LogP contribution in [0.1, 0.15) is 12.8 Å². The van der Waals surface area contributed by atoms with Gasteiger partial charge in [0.05, 0.1) is 0 Å². The third-order valence-electron chi connectivity index (χ3n) is 2.96. The summed E-state index contributed by atoms with van der Waals surface area (Å²) in [5.74, 6) is -0.427. The van der Waals surface area contributed by atoms with E-state index in [0.717, 1.165) is 0 Å². The number of hydrogen-bond acceptors (Lipinski definition) is 1. The van der Waals surface area contributed by atoms with Crippen molar-refractivity contribution in [2.24, 2.45) is 17.6 Å². The van der Waals surface area contributed by atoms with Crippen LogP contribution in [0.4, 0.5) is 13.2 Å². The zero-order chi connectivity index (χ0) is 8.98. The molecule has 0 aromatic rings. The molecule has 0 amide bonds. The highest BCUT2D eigenvalue weighted by Crippen LogP contribution is 2.51. The molecule has 3 atom stereocenters. The molecule has 0 spiro atoms. The van der Waals surface area contributed by atoms with Crippen LogP contribution < -0.4 is 5.73 Å². The summed E-state index contributed by atoms with van der Waals surface area (Å²) < 4.78 is 37.3. The summed E-state index contributed by atoms with van der Waals surface area (Å²) in [4.78, 5) is 0. The normalized spacial score (nSPS) is 45.7. The fraction of sp³-hybridized carbons (Fsp3) is 0.750. The molecule has 12 heavy (non-hydrogen) atoms. The Bertz CT molecular complexity index is 233. The molecule has 0 aromatic heterocycles. The molecule has 2 N–H and O–H groups in total. The minimum atomic E-state index is -4.25. The first-order valence-corrected chi connectivity index (χ1v) is 3.97. The summed E-state index contributed by atoms with van der Waals surface area (Å²) in [6.45, 7) is 0. The molecule has 0 saturated heterocycles. The van der Waals surface area contributed by atoms with E-state index in [0.29, 0.717) is 6.42 Å². The zero-order valence-electron chi connectivity index (χ0n) is 6.43. The first-order valence-electron chi connectivity index (χ1n) is 3.97. The van der Waals surface area contributed by atoms with Gasteiger partial charge in [-0.05, 0) is 18.8 Å². The summed E-state index contributed by atoms with van der Waals surface area (Å²) in [7, 11) is 0. The summed E-state index contributed by atoms with van der Waals surface area (Å²) >= 11 is 0. The van der Waals surface area contributed by atoms with Crippen molar-refractivity contribution in [2.45, 2.75) is 24.6 Å². The smallest absolute Gasteiger partial charge is 0.317 e. The van der Waals surface area contributed by atoms with Crippen LogP contribution in [0, 0.1) is 11.8 Å². The van der Waals surface area contributed by atoms with Gasteiger partial charge in [0.1, 0.15) is 5.54 Å². The second kappa shape index (κ2) is 2.05. The standard InChI is InChI=1S/C8H10F3N/c9-8(10,11)7(12)4-5-1-2-6(7)3-5/h1-2,5-6H,3-4,12H2. The van der Waals surface area contributed by atoms with Crippen molar-refractivity contribution in [1.29, 1.82) is 0 Å². The number of alkyl halides is 3. The van der Waals surface area contributed by atoms with Crippen molar-refractivity contribution in [1.82, 2.24) is 0 Å². The molecule has 4 heteroatoms. The summed E-state index contributed by atoms with van der Waals surface area (Å²) in [6, 6.07) is 0. The molecule has 0 radical (unpaired) electrons. The van der Waals surface area contributed by atoms with E-state index < -0.39 is 17.6 Å². The minimum absolute atomic E-state index is 0.0571. The Kier molecular flexibility index (Phi) is 1.38. The number of fused-ring (bicyclic) bond motifs is 2. The molecule has 2 rings (SSSR count). The lowest BCUT2D eigenvalue weighted by molar-refractivity contribution is -0.192. The summed E-state index contributed by atoms with van der Waals surface area (Å²) in [5.41, 5.74) is 3.41. The van der Waals surface area contributed by atoms with E-state index in [2.05, 4.69) is 0 Å². The van der Waals surface area contributed by atoms with Crippen molar-refractivity contribution in [3.05, 3.63) is 12.2 Å². The largest absolute Gasteiger partial charge is 0.406 e. The third-order valence-corrected chi connectivity index (χ3v) is 2.96. The Morgan fingerprint density at radius 3 is 2.25 bits per heavy atom. The molecular formula is C8H10F3N. The molecule has 1 nitrogen and oxygen atoms in total. The zero-order valence-corrected chi connectivity index (χ0v) is 6.43. The van der Waals surface area contributed by atoms with Crippen LogP contribution >= 0.6 is 0 Å². The first-order chi connectivity index (χ1) is 5.43. The van der Waals surface area contributed by atoms with Crippen LogP contribution in [0.5, 0.6) is 0 Å². The molecule has 1 saturated carbocycles. The number of halogens is 3. The lowest BCUT2D eigenvalue weighted by atomic mass is 9.85. The van der Waals surface area contributed by atoms with Gasteiger partial charge in [-0.3, -0.25) is 0 Å². The Labute approximate surface area is 68.4 Å². The molecule has 0 aliphatic heterocycles. The summed E-state index contributed by atoms with van der Waals surface area (Å²) in [5, 5.41) is 0. The van der Waals surface area contributed by atoms with Crippen LogP contribution in [0.25, 0.3) is 0 Å². The van der Waals surface area contributed by atoms with Gasteiger partial charge < -0.3 is 5.73 Å².